The average molecular weight is 258 g/mol. The van der Waals surface area contributed by atoms with Gasteiger partial charge in [-0.25, -0.2) is 0 Å². The standard InChI is InChI=1S/C10H12BrNO2/c1-6-5-8(3-4-9(6)11)12-10(14)7(2)13/h3-5,7,13H,1-2H3,(H,12,14). The van der Waals surface area contributed by atoms with Crippen molar-refractivity contribution in [2.24, 2.45) is 0 Å². The van der Waals surface area contributed by atoms with Crippen LogP contribution in [0.2, 0.25) is 0 Å². The minimum Gasteiger partial charge on any atom is -0.384 e. The van der Waals surface area contributed by atoms with Crippen LogP contribution in [0.5, 0.6) is 0 Å². The molecule has 1 amide bonds. The zero-order valence-corrected chi connectivity index (χ0v) is 9.63. The summed E-state index contributed by atoms with van der Waals surface area (Å²) in [6.07, 6.45) is -0.987. The first-order valence-corrected chi connectivity index (χ1v) is 5.05. The lowest BCUT2D eigenvalue weighted by molar-refractivity contribution is -0.123. The highest BCUT2D eigenvalue weighted by Crippen LogP contribution is 2.19. The lowest BCUT2D eigenvalue weighted by Gasteiger charge is -2.08. The third kappa shape index (κ3) is 2.82. The lowest BCUT2D eigenvalue weighted by atomic mass is 10.2. The minimum atomic E-state index is -0.987. The summed E-state index contributed by atoms with van der Waals surface area (Å²) in [5.74, 6) is -0.397. The van der Waals surface area contributed by atoms with Gasteiger partial charge < -0.3 is 10.4 Å². The second kappa shape index (κ2) is 4.57. The van der Waals surface area contributed by atoms with Crippen LogP contribution in [-0.2, 0) is 4.79 Å². The molecule has 0 saturated heterocycles. The van der Waals surface area contributed by atoms with E-state index in [0.717, 1.165) is 10.0 Å². The van der Waals surface area contributed by atoms with E-state index in [2.05, 4.69) is 21.2 Å². The maximum atomic E-state index is 11.1. The van der Waals surface area contributed by atoms with Crippen molar-refractivity contribution in [2.45, 2.75) is 20.0 Å². The zero-order valence-electron chi connectivity index (χ0n) is 8.04. The van der Waals surface area contributed by atoms with Crippen LogP contribution in [0.25, 0.3) is 0 Å². The van der Waals surface area contributed by atoms with E-state index in [1.807, 2.05) is 19.1 Å². The van der Waals surface area contributed by atoms with Crippen molar-refractivity contribution < 1.29 is 9.90 Å². The van der Waals surface area contributed by atoms with E-state index >= 15 is 0 Å². The Kier molecular flexibility index (Phi) is 3.66. The van der Waals surface area contributed by atoms with Gasteiger partial charge in [0.15, 0.2) is 0 Å². The lowest BCUT2D eigenvalue weighted by Crippen LogP contribution is -2.24. The number of amides is 1. The van der Waals surface area contributed by atoms with Crippen molar-refractivity contribution >= 4 is 27.5 Å². The van der Waals surface area contributed by atoms with Gasteiger partial charge in [-0.1, -0.05) is 15.9 Å². The Morgan fingerprint density at radius 1 is 1.57 bits per heavy atom. The van der Waals surface area contributed by atoms with Crippen molar-refractivity contribution in [3.63, 3.8) is 0 Å². The Balaban J connectivity index is 2.78. The number of carbonyl (C=O) groups excluding carboxylic acids is 1. The number of aliphatic hydroxyl groups excluding tert-OH is 1. The fourth-order valence-corrected chi connectivity index (χ4v) is 1.22. The van der Waals surface area contributed by atoms with Gasteiger partial charge in [0, 0.05) is 10.2 Å². The highest BCUT2D eigenvalue weighted by molar-refractivity contribution is 9.10. The van der Waals surface area contributed by atoms with Crippen LogP contribution in [-0.4, -0.2) is 17.1 Å². The SMILES string of the molecule is Cc1cc(NC(=O)C(C)O)ccc1Br. The van der Waals surface area contributed by atoms with Gasteiger partial charge in [0.1, 0.15) is 6.10 Å². The number of hydrogen-bond acceptors (Lipinski definition) is 2. The Morgan fingerprint density at radius 2 is 2.21 bits per heavy atom. The van der Waals surface area contributed by atoms with Crippen LogP contribution in [0, 0.1) is 6.92 Å². The summed E-state index contributed by atoms with van der Waals surface area (Å²) in [5, 5.41) is 11.6. The van der Waals surface area contributed by atoms with E-state index in [0.29, 0.717) is 5.69 Å². The number of anilines is 1. The van der Waals surface area contributed by atoms with E-state index in [1.165, 1.54) is 6.92 Å². The predicted octanol–water partition coefficient (Wildman–Crippen LogP) is 2.08. The van der Waals surface area contributed by atoms with E-state index in [4.69, 9.17) is 5.11 Å². The summed E-state index contributed by atoms with van der Waals surface area (Å²) in [7, 11) is 0. The quantitative estimate of drug-likeness (QED) is 0.853. The topological polar surface area (TPSA) is 49.3 Å². The number of rotatable bonds is 2. The van der Waals surface area contributed by atoms with Gasteiger partial charge in [-0.15, -0.1) is 0 Å². The maximum absolute atomic E-state index is 11.1. The Bertz CT molecular complexity index is 350. The Hall–Kier alpha value is -0.870. The molecular formula is C10H12BrNO2. The fraction of sp³-hybridized carbons (Fsp3) is 0.300. The summed E-state index contributed by atoms with van der Waals surface area (Å²) >= 11 is 3.36. The molecule has 0 aromatic heterocycles. The highest BCUT2D eigenvalue weighted by atomic mass is 79.9. The molecule has 0 fully saturated rings. The molecule has 1 rings (SSSR count). The van der Waals surface area contributed by atoms with E-state index in [1.54, 1.807) is 6.07 Å². The number of aryl methyl sites for hydroxylation is 1. The van der Waals surface area contributed by atoms with Crippen molar-refractivity contribution in [1.29, 1.82) is 0 Å². The molecule has 0 aliphatic carbocycles. The molecule has 1 aromatic carbocycles. The molecule has 0 radical (unpaired) electrons. The molecule has 3 nitrogen and oxygen atoms in total. The number of benzene rings is 1. The number of nitrogens with one attached hydrogen (secondary N) is 1. The van der Waals surface area contributed by atoms with Crippen molar-refractivity contribution in [2.75, 3.05) is 5.32 Å². The van der Waals surface area contributed by atoms with Crippen LogP contribution >= 0.6 is 15.9 Å². The minimum absolute atomic E-state index is 0.397. The predicted molar refractivity (Wildman–Crippen MR) is 59.2 cm³/mol. The van der Waals surface area contributed by atoms with Gasteiger partial charge in [-0.3, -0.25) is 4.79 Å². The van der Waals surface area contributed by atoms with Gasteiger partial charge in [0.05, 0.1) is 0 Å². The van der Waals surface area contributed by atoms with Crippen molar-refractivity contribution in [3.05, 3.63) is 28.2 Å². The molecule has 0 aliphatic heterocycles. The summed E-state index contributed by atoms with van der Waals surface area (Å²) in [5.41, 5.74) is 1.73. The van der Waals surface area contributed by atoms with E-state index in [9.17, 15) is 4.79 Å². The monoisotopic (exact) mass is 257 g/mol. The Morgan fingerprint density at radius 3 is 2.71 bits per heavy atom. The first kappa shape index (κ1) is 11.2. The van der Waals surface area contributed by atoms with E-state index < -0.39 is 12.0 Å². The molecule has 4 heteroatoms. The van der Waals surface area contributed by atoms with Crippen LogP contribution in [0.4, 0.5) is 5.69 Å². The van der Waals surface area contributed by atoms with Gasteiger partial charge >= 0.3 is 0 Å². The molecule has 0 saturated carbocycles. The van der Waals surface area contributed by atoms with Crippen molar-refractivity contribution in [1.82, 2.24) is 0 Å². The number of carbonyl (C=O) groups is 1. The highest BCUT2D eigenvalue weighted by Gasteiger charge is 2.08. The normalized spacial score (nSPS) is 12.3. The molecule has 0 heterocycles. The zero-order chi connectivity index (χ0) is 10.7. The molecule has 0 bridgehead atoms. The molecule has 76 valence electrons. The van der Waals surface area contributed by atoms with E-state index in [-0.39, 0.29) is 0 Å². The third-order valence-electron chi connectivity index (χ3n) is 1.80. The fourth-order valence-electron chi connectivity index (χ4n) is 0.969. The summed E-state index contributed by atoms with van der Waals surface area (Å²) in [6.45, 7) is 3.36. The van der Waals surface area contributed by atoms with Crippen LogP contribution in [0.15, 0.2) is 22.7 Å². The molecule has 1 atom stereocenters. The second-order valence-corrected chi connectivity index (χ2v) is 3.98. The first-order valence-electron chi connectivity index (χ1n) is 4.26. The van der Waals surface area contributed by atoms with Gasteiger partial charge in [-0.05, 0) is 37.6 Å². The number of hydrogen-bond donors (Lipinski definition) is 2. The van der Waals surface area contributed by atoms with Crippen LogP contribution < -0.4 is 5.32 Å². The van der Waals surface area contributed by atoms with Gasteiger partial charge in [0.25, 0.3) is 5.91 Å². The molecule has 14 heavy (non-hydrogen) atoms. The van der Waals surface area contributed by atoms with Crippen LogP contribution in [0.1, 0.15) is 12.5 Å². The second-order valence-electron chi connectivity index (χ2n) is 3.13. The van der Waals surface area contributed by atoms with Gasteiger partial charge in [0.2, 0.25) is 0 Å². The molecule has 2 N–H and O–H groups in total. The molecule has 1 aromatic rings. The summed E-state index contributed by atoms with van der Waals surface area (Å²) < 4.78 is 0.993. The molecule has 1 unspecified atom stereocenters. The summed E-state index contributed by atoms with van der Waals surface area (Å²) in [6, 6.07) is 5.47. The summed E-state index contributed by atoms with van der Waals surface area (Å²) in [4.78, 5) is 11.1. The average Bonchev–Trinajstić information content (AvgIpc) is 2.11. The smallest absolute Gasteiger partial charge is 0.252 e. The Labute approximate surface area is 91.3 Å². The third-order valence-corrected chi connectivity index (χ3v) is 2.69. The van der Waals surface area contributed by atoms with Crippen LogP contribution in [0.3, 0.4) is 0 Å². The van der Waals surface area contributed by atoms with Crippen molar-refractivity contribution in [3.8, 4) is 0 Å². The maximum Gasteiger partial charge on any atom is 0.252 e. The molecule has 0 spiro atoms. The van der Waals surface area contributed by atoms with Gasteiger partial charge in [-0.2, -0.15) is 0 Å². The number of aliphatic hydroxyl groups is 1. The number of halogens is 1. The molecular weight excluding hydrogens is 246 g/mol. The largest absolute Gasteiger partial charge is 0.384 e. The molecule has 0 aliphatic rings. The first-order chi connectivity index (χ1) is 6.50.